The van der Waals surface area contributed by atoms with E-state index in [9.17, 15) is 19.2 Å². The quantitative estimate of drug-likeness (QED) is 0.290. The molecule has 5 amide bonds. The van der Waals surface area contributed by atoms with E-state index in [1.54, 1.807) is 32.9 Å². The van der Waals surface area contributed by atoms with Crippen LogP contribution in [0.25, 0.3) is 0 Å². The monoisotopic (exact) mass is 364 g/mol. The van der Waals surface area contributed by atoms with Crippen molar-refractivity contribution in [2.45, 2.75) is 38.8 Å². The zero-order valence-corrected chi connectivity index (χ0v) is 14.9. The number of urea groups is 1. The van der Waals surface area contributed by atoms with E-state index in [0.717, 1.165) is 0 Å². The lowest BCUT2D eigenvalue weighted by Gasteiger charge is -2.22. The lowest BCUT2D eigenvalue weighted by atomic mass is 10.1. The SMILES string of the molecule is CC(C)(C)NC(=O)C[C@H](NNC(=O)NC(=O)c1cccc(N)c1)C(N)=O. The average molecular weight is 364 g/mol. The van der Waals surface area contributed by atoms with E-state index < -0.39 is 35.3 Å². The Morgan fingerprint density at radius 3 is 2.35 bits per heavy atom. The van der Waals surface area contributed by atoms with Crippen LogP contribution in [0.2, 0.25) is 0 Å². The summed E-state index contributed by atoms with van der Waals surface area (Å²) in [5, 5.41) is 4.72. The highest BCUT2D eigenvalue weighted by molar-refractivity contribution is 6.04. The van der Waals surface area contributed by atoms with Crippen molar-refractivity contribution in [2.75, 3.05) is 5.73 Å². The van der Waals surface area contributed by atoms with Gasteiger partial charge in [-0.15, -0.1) is 0 Å². The first-order valence-electron chi connectivity index (χ1n) is 7.80. The number of anilines is 1. The van der Waals surface area contributed by atoms with Gasteiger partial charge in [0, 0.05) is 16.8 Å². The fourth-order valence-corrected chi connectivity index (χ4v) is 1.92. The molecule has 0 radical (unpaired) electrons. The molecule has 0 saturated heterocycles. The molecule has 26 heavy (non-hydrogen) atoms. The van der Waals surface area contributed by atoms with Crippen molar-refractivity contribution in [2.24, 2.45) is 5.73 Å². The third-order valence-electron chi connectivity index (χ3n) is 2.98. The lowest BCUT2D eigenvalue weighted by molar-refractivity contribution is -0.127. The smallest absolute Gasteiger partial charge is 0.336 e. The standard InChI is InChI=1S/C16H24N6O4/c1-16(2,3)20-12(23)8-11(13(18)24)21-22-15(26)19-14(25)9-5-4-6-10(17)7-9/h4-7,11,21H,8,17H2,1-3H3,(H2,18,24)(H,20,23)(H2,19,22,25,26)/t11-/m0/s1. The van der Waals surface area contributed by atoms with Gasteiger partial charge in [0.2, 0.25) is 11.8 Å². The molecule has 1 aromatic rings. The van der Waals surface area contributed by atoms with Crippen LogP contribution in [0.3, 0.4) is 0 Å². The van der Waals surface area contributed by atoms with E-state index in [4.69, 9.17) is 11.5 Å². The highest BCUT2D eigenvalue weighted by atomic mass is 16.2. The van der Waals surface area contributed by atoms with E-state index in [1.807, 2.05) is 5.32 Å². The number of rotatable bonds is 6. The molecule has 0 aliphatic carbocycles. The van der Waals surface area contributed by atoms with Crippen molar-refractivity contribution < 1.29 is 19.2 Å². The van der Waals surface area contributed by atoms with Gasteiger partial charge in [0.15, 0.2) is 0 Å². The number of benzene rings is 1. The number of carbonyl (C=O) groups is 4. The molecule has 0 aliphatic rings. The third kappa shape index (κ3) is 7.62. The summed E-state index contributed by atoms with van der Waals surface area (Å²) in [5.41, 5.74) is 15.3. The highest BCUT2D eigenvalue weighted by Gasteiger charge is 2.23. The molecule has 8 N–H and O–H groups in total. The fourth-order valence-electron chi connectivity index (χ4n) is 1.92. The fraction of sp³-hybridized carbons (Fsp3) is 0.375. The Balaban J connectivity index is 2.55. The number of carbonyl (C=O) groups excluding carboxylic acids is 4. The largest absolute Gasteiger partial charge is 0.399 e. The Morgan fingerprint density at radius 1 is 1.15 bits per heavy atom. The van der Waals surface area contributed by atoms with Gasteiger partial charge in [-0.05, 0) is 39.0 Å². The molecule has 0 aliphatic heterocycles. The Kier molecular flexibility index (Phi) is 7.08. The topological polar surface area (TPSA) is 168 Å². The van der Waals surface area contributed by atoms with Gasteiger partial charge in [-0.25, -0.2) is 10.2 Å². The van der Waals surface area contributed by atoms with Crippen LogP contribution in [-0.4, -0.2) is 35.3 Å². The van der Waals surface area contributed by atoms with Gasteiger partial charge in [0.25, 0.3) is 5.91 Å². The molecule has 0 heterocycles. The molecule has 142 valence electrons. The first kappa shape index (κ1) is 20.9. The molecule has 1 atom stereocenters. The van der Waals surface area contributed by atoms with Crippen LogP contribution in [-0.2, 0) is 9.59 Å². The second-order valence-corrected chi connectivity index (χ2v) is 6.64. The minimum absolute atomic E-state index is 0.191. The van der Waals surface area contributed by atoms with Crippen LogP contribution < -0.4 is 33.0 Å². The normalized spacial score (nSPS) is 12.0. The minimum atomic E-state index is -1.15. The molecule has 0 spiro atoms. The number of imide groups is 1. The van der Waals surface area contributed by atoms with Crippen molar-refractivity contribution in [3.05, 3.63) is 29.8 Å². The molecule has 0 bridgehead atoms. The number of hydrogen-bond donors (Lipinski definition) is 6. The van der Waals surface area contributed by atoms with Gasteiger partial charge in [0.05, 0.1) is 6.42 Å². The Bertz CT molecular complexity index is 698. The summed E-state index contributed by atoms with van der Waals surface area (Å²) in [6.45, 7) is 5.35. The molecule has 10 nitrogen and oxygen atoms in total. The number of nitrogens with one attached hydrogen (secondary N) is 4. The maximum absolute atomic E-state index is 11.9. The molecule has 0 unspecified atom stereocenters. The van der Waals surface area contributed by atoms with Crippen LogP contribution in [0.15, 0.2) is 24.3 Å². The number of nitrogen functional groups attached to an aromatic ring is 1. The summed E-state index contributed by atoms with van der Waals surface area (Å²) in [6.07, 6.45) is -0.282. The van der Waals surface area contributed by atoms with Gasteiger partial charge in [-0.2, -0.15) is 0 Å². The molecular formula is C16H24N6O4. The Labute approximate surface area is 151 Å². The molecule has 1 aromatic carbocycles. The van der Waals surface area contributed by atoms with E-state index in [2.05, 4.69) is 16.2 Å². The van der Waals surface area contributed by atoms with E-state index in [1.165, 1.54) is 12.1 Å². The van der Waals surface area contributed by atoms with Gasteiger partial charge in [-0.1, -0.05) is 6.07 Å². The van der Waals surface area contributed by atoms with Crippen LogP contribution in [0.1, 0.15) is 37.6 Å². The predicted molar refractivity (Wildman–Crippen MR) is 95.5 cm³/mol. The summed E-state index contributed by atoms with van der Waals surface area (Å²) < 4.78 is 0. The van der Waals surface area contributed by atoms with Crippen LogP contribution in [0, 0.1) is 0 Å². The van der Waals surface area contributed by atoms with E-state index >= 15 is 0 Å². The van der Waals surface area contributed by atoms with Crippen LogP contribution in [0.4, 0.5) is 10.5 Å². The van der Waals surface area contributed by atoms with Crippen molar-refractivity contribution in [1.29, 1.82) is 0 Å². The van der Waals surface area contributed by atoms with Crippen molar-refractivity contribution in [3.8, 4) is 0 Å². The van der Waals surface area contributed by atoms with Crippen molar-refractivity contribution >= 4 is 29.4 Å². The summed E-state index contributed by atoms with van der Waals surface area (Å²) in [7, 11) is 0. The van der Waals surface area contributed by atoms with Gasteiger partial charge in [-0.3, -0.25) is 25.1 Å². The third-order valence-corrected chi connectivity index (χ3v) is 2.98. The number of hydrogen-bond acceptors (Lipinski definition) is 6. The van der Waals surface area contributed by atoms with Gasteiger partial charge in [0.1, 0.15) is 6.04 Å². The Hall–Kier alpha value is -3.14. The molecule has 0 aromatic heterocycles. The Morgan fingerprint density at radius 2 is 1.81 bits per heavy atom. The first-order valence-corrected chi connectivity index (χ1v) is 7.80. The maximum atomic E-state index is 11.9. The number of primary amides is 1. The average Bonchev–Trinajstić information content (AvgIpc) is 2.49. The first-order chi connectivity index (χ1) is 12.0. The minimum Gasteiger partial charge on any atom is -0.399 e. The zero-order valence-electron chi connectivity index (χ0n) is 14.9. The molecular weight excluding hydrogens is 340 g/mol. The molecule has 10 heteroatoms. The van der Waals surface area contributed by atoms with E-state index in [0.29, 0.717) is 5.69 Å². The highest BCUT2D eigenvalue weighted by Crippen LogP contribution is 2.06. The lowest BCUT2D eigenvalue weighted by Crippen LogP contribution is -2.55. The number of amides is 5. The van der Waals surface area contributed by atoms with Gasteiger partial charge < -0.3 is 16.8 Å². The summed E-state index contributed by atoms with van der Waals surface area (Å²) in [4.78, 5) is 47.0. The van der Waals surface area contributed by atoms with Crippen molar-refractivity contribution in [1.82, 2.24) is 21.5 Å². The van der Waals surface area contributed by atoms with Crippen LogP contribution >= 0.6 is 0 Å². The molecule has 1 rings (SSSR count). The molecule has 0 fully saturated rings. The van der Waals surface area contributed by atoms with E-state index in [-0.39, 0.29) is 12.0 Å². The second kappa shape index (κ2) is 8.81. The van der Waals surface area contributed by atoms with Crippen LogP contribution in [0.5, 0.6) is 0 Å². The maximum Gasteiger partial charge on any atom is 0.336 e. The summed E-state index contributed by atoms with van der Waals surface area (Å²) in [6, 6.07) is 3.98. The summed E-state index contributed by atoms with van der Waals surface area (Å²) in [5.74, 6) is -1.94. The molecule has 0 saturated carbocycles. The second-order valence-electron chi connectivity index (χ2n) is 6.64. The summed E-state index contributed by atoms with van der Waals surface area (Å²) >= 11 is 0. The van der Waals surface area contributed by atoms with Gasteiger partial charge >= 0.3 is 6.03 Å². The zero-order chi connectivity index (χ0) is 19.9. The predicted octanol–water partition coefficient (Wildman–Crippen LogP) is -0.628. The number of hydrazine groups is 1. The van der Waals surface area contributed by atoms with Crippen molar-refractivity contribution in [3.63, 3.8) is 0 Å². The number of nitrogens with two attached hydrogens (primary N) is 2.